The van der Waals surface area contributed by atoms with Gasteiger partial charge in [-0.3, -0.25) is 14.4 Å². The molecule has 0 amide bonds. The molecule has 2 rings (SSSR count). The zero-order chi connectivity index (χ0) is 43.3. The molecule has 0 spiro atoms. The predicted molar refractivity (Wildman–Crippen MR) is 258 cm³/mol. The minimum atomic E-state index is -0.0748. The second-order valence-electron chi connectivity index (χ2n) is 18.9. The van der Waals surface area contributed by atoms with Crippen LogP contribution in [0.4, 0.5) is 0 Å². The summed E-state index contributed by atoms with van der Waals surface area (Å²) < 4.78 is 18.4. The largest absolute Gasteiger partial charge is 0.462 e. The molecule has 2 atom stereocenters. The third-order valence-electron chi connectivity index (χ3n) is 12.8. The summed E-state index contributed by atoms with van der Waals surface area (Å²) in [4.78, 5) is 41.0. The van der Waals surface area contributed by atoms with E-state index >= 15 is 0 Å². The molecule has 0 saturated heterocycles. The molecule has 2 aliphatic rings. The molecule has 60 heavy (non-hydrogen) atoms. The highest BCUT2D eigenvalue weighted by atomic mass is 32.2. The molecule has 9 heteroatoms. The van der Waals surface area contributed by atoms with Crippen molar-refractivity contribution in [1.29, 1.82) is 0 Å². The Hall–Kier alpha value is -0.930. The van der Waals surface area contributed by atoms with E-state index in [1.54, 1.807) is 0 Å². The lowest BCUT2D eigenvalue weighted by molar-refractivity contribution is -0.150. The van der Waals surface area contributed by atoms with Crippen molar-refractivity contribution in [3.8, 4) is 0 Å². The van der Waals surface area contributed by atoms with Crippen molar-refractivity contribution in [3.05, 3.63) is 0 Å². The van der Waals surface area contributed by atoms with Crippen molar-refractivity contribution >= 4 is 41.4 Å². The number of unbranched alkanes of at least 4 members (excludes halogenated alkanes) is 10. The maximum Gasteiger partial charge on any atom is 0.306 e. The summed E-state index contributed by atoms with van der Waals surface area (Å²) in [7, 11) is 4.08. The van der Waals surface area contributed by atoms with Gasteiger partial charge in [0, 0.05) is 30.8 Å². The monoisotopic (exact) mass is 882 g/mol. The first-order valence-corrected chi connectivity index (χ1v) is 28.0. The van der Waals surface area contributed by atoms with Crippen LogP contribution in [0.5, 0.6) is 0 Å². The van der Waals surface area contributed by atoms with Gasteiger partial charge >= 0.3 is 17.9 Å². The van der Waals surface area contributed by atoms with Gasteiger partial charge in [0.25, 0.3) is 0 Å². The summed E-state index contributed by atoms with van der Waals surface area (Å²) >= 11 is 3.90. The highest BCUT2D eigenvalue weighted by Gasteiger charge is 2.21. The lowest BCUT2D eigenvalue weighted by Gasteiger charge is -2.22. The van der Waals surface area contributed by atoms with Crippen molar-refractivity contribution in [2.75, 3.05) is 43.7 Å². The molecular weight excluding hydrogens is 787 g/mol. The van der Waals surface area contributed by atoms with Crippen LogP contribution in [0.3, 0.4) is 0 Å². The maximum atomic E-state index is 13.0. The second-order valence-corrected chi connectivity index (χ2v) is 21.2. The molecule has 2 unspecified atom stereocenters. The zero-order valence-corrected chi connectivity index (χ0v) is 41.3. The van der Waals surface area contributed by atoms with Crippen LogP contribution in [-0.4, -0.2) is 84.8 Å². The van der Waals surface area contributed by atoms with Gasteiger partial charge in [-0.15, -0.1) is 0 Å². The fourth-order valence-electron chi connectivity index (χ4n) is 9.02. The van der Waals surface area contributed by atoms with Crippen LogP contribution in [0.25, 0.3) is 0 Å². The van der Waals surface area contributed by atoms with Crippen LogP contribution < -0.4 is 0 Å². The lowest BCUT2D eigenvalue weighted by Crippen LogP contribution is -2.22. The quantitative estimate of drug-likeness (QED) is 0.0340. The SMILES string of the molecule is CCCCCCSCC(CCCCCC(CCCCCC(CSCCCCCC)OC(=O)CCC1CCCCC1)OC(=O)CCCN(C)C)OC(=O)CCC1CCCCC1. The molecule has 0 aromatic rings. The van der Waals surface area contributed by atoms with E-state index in [4.69, 9.17) is 14.2 Å². The Bertz CT molecular complexity index is 967. The fourth-order valence-corrected chi connectivity index (χ4v) is 11.2. The van der Waals surface area contributed by atoms with Crippen LogP contribution in [-0.2, 0) is 28.6 Å². The first-order valence-electron chi connectivity index (χ1n) is 25.7. The number of thioether (sulfide) groups is 2. The number of nitrogens with zero attached hydrogens (tertiary/aromatic N) is 1. The molecule has 0 N–H and O–H groups in total. The number of ether oxygens (including phenoxy) is 3. The van der Waals surface area contributed by atoms with E-state index in [1.165, 1.54) is 116 Å². The normalized spacial score (nSPS) is 16.8. The molecule has 2 aliphatic carbocycles. The minimum Gasteiger partial charge on any atom is -0.462 e. The topological polar surface area (TPSA) is 82.1 Å². The van der Waals surface area contributed by atoms with Gasteiger partial charge in [0.1, 0.15) is 18.3 Å². The third kappa shape index (κ3) is 31.8. The number of esters is 3. The number of rotatable bonds is 39. The average Bonchev–Trinajstić information content (AvgIpc) is 3.24. The molecule has 0 aromatic carbocycles. The molecule has 0 aromatic heterocycles. The summed E-state index contributed by atoms with van der Waals surface area (Å²) in [5.41, 5.74) is 0. The molecule has 7 nitrogen and oxygen atoms in total. The highest BCUT2D eigenvalue weighted by molar-refractivity contribution is 7.99. The van der Waals surface area contributed by atoms with Crippen LogP contribution in [0.2, 0.25) is 0 Å². The Morgan fingerprint density at radius 1 is 0.483 bits per heavy atom. The van der Waals surface area contributed by atoms with Crippen molar-refractivity contribution in [2.24, 2.45) is 11.8 Å². The Labute approximate surface area is 379 Å². The second kappa shape index (κ2) is 38.5. The van der Waals surface area contributed by atoms with E-state index in [2.05, 4.69) is 18.7 Å². The van der Waals surface area contributed by atoms with Crippen LogP contribution in [0.15, 0.2) is 0 Å². The van der Waals surface area contributed by atoms with E-state index in [0.29, 0.717) is 31.1 Å². The molecule has 2 saturated carbocycles. The molecule has 0 radical (unpaired) electrons. The number of hydrogen-bond donors (Lipinski definition) is 0. The Kier molecular flexibility index (Phi) is 35.4. The minimum absolute atomic E-state index is 0.00120. The smallest absolute Gasteiger partial charge is 0.306 e. The number of carbonyl (C=O) groups is 3. The Balaban J connectivity index is 1.84. The predicted octanol–water partition coefficient (Wildman–Crippen LogP) is 14.3. The molecule has 0 aliphatic heterocycles. The summed E-state index contributed by atoms with van der Waals surface area (Å²) in [6.07, 6.45) is 37.2. The van der Waals surface area contributed by atoms with Crippen LogP contribution in [0.1, 0.15) is 232 Å². The van der Waals surface area contributed by atoms with Gasteiger partial charge in [-0.25, -0.2) is 0 Å². The van der Waals surface area contributed by atoms with Gasteiger partial charge in [0.05, 0.1) is 0 Å². The summed E-state index contributed by atoms with van der Waals surface area (Å²) in [5, 5.41) is 0. The Morgan fingerprint density at radius 3 is 1.28 bits per heavy atom. The van der Waals surface area contributed by atoms with Gasteiger partial charge in [-0.2, -0.15) is 23.5 Å². The molecule has 0 heterocycles. The van der Waals surface area contributed by atoms with Crippen molar-refractivity contribution in [3.63, 3.8) is 0 Å². The first-order chi connectivity index (χ1) is 29.3. The van der Waals surface area contributed by atoms with E-state index in [0.717, 1.165) is 113 Å². The van der Waals surface area contributed by atoms with E-state index < -0.39 is 0 Å². The van der Waals surface area contributed by atoms with Crippen molar-refractivity contribution in [2.45, 2.75) is 250 Å². The summed E-state index contributed by atoms with van der Waals surface area (Å²) in [6.45, 7) is 5.39. The fraction of sp³-hybridized carbons (Fsp3) is 0.941. The summed E-state index contributed by atoms with van der Waals surface area (Å²) in [6, 6.07) is 0. The van der Waals surface area contributed by atoms with Gasteiger partial charge in [-0.1, -0.05) is 129 Å². The van der Waals surface area contributed by atoms with E-state index in [-0.39, 0.29) is 36.2 Å². The highest BCUT2D eigenvalue weighted by Crippen LogP contribution is 2.29. The third-order valence-corrected chi connectivity index (χ3v) is 15.2. The lowest BCUT2D eigenvalue weighted by atomic mass is 9.86. The zero-order valence-electron chi connectivity index (χ0n) is 39.7. The average molecular weight is 882 g/mol. The number of hydrogen-bond acceptors (Lipinski definition) is 9. The van der Waals surface area contributed by atoms with Crippen LogP contribution >= 0.6 is 23.5 Å². The van der Waals surface area contributed by atoms with Gasteiger partial charge in [0.2, 0.25) is 0 Å². The molecule has 352 valence electrons. The van der Waals surface area contributed by atoms with E-state index in [1.807, 2.05) is 37.6 Å². The van der Waals surface area contributed by atoms with E-state index in [9.17, 15) is 14.4 Å². The first kappa shape index (κ1) is 55.2. The Morgan fingerprint density at radius 2 is 0.867 bits per heavy atom. The standard InChI is InChI=1S/C51H95NO6S2/c1-5-7-9-23-40-59-42-47(57-50(54)37-35-44-26-15-11-16-27-44)32-21-13-19-30-46(56-49(53)34-25-39-52(3)4)31-20-14-22-33-48(43-60-41-24-10-8-6-2)58-51(55)38-36-45-28-17-12-18-29-45/h44-48H,5-43H2,1-4H3. The molecule has 2 fully saturated rings. The summed E-state index contributed by atoms with van der Waals surface area (Å²) in [5.74, 6) is 5.39. The molecular formula is C51H95NO6S2. The van der Waals surface area contributed by atoms with Crippen molar-refractivity contribution < 1.29 is 28.6 Å². The van der Waals surface area contributed by atoms with Crippen molar-refractivity contribution in [1.82, 2.24) is 4.90 Å². The van der Waals surface area contributed by atoms with Gasteiger partial charge in [-0.05, 0) is 127 Å². The van der Waals surface area contributed by atoms with Gasteiger partial charge < -0.3 is 19.1 Å². The number of carbonyl (C=O) groups excluding carboxylic acids is 3. The van der Waals surface area contributed by atoms with Gasteiger partial charge in [0.15, 0.2) is 0 Å². The molecule has 0 bridgehead atoms. The van der Waals surface area contributed by atoms with Crippen LogP contribution in [0, 0.1) is 11.8 Å². The maximum absolute atomic E-state index is 13.0.